The number of anilines is 1. The Balaban J connectivity index is 2.16. The summed E-state index contributed by atoms with van der Waals surface area (Å²) in [5.41, 5.74) is 7.07. The van der Waals surface area contributed by atoms with Gasteiger partial charge < -0.3 is 11.1 Å². The number of hydrogen-bond acceptors (Lipinski definition) is 2. The molecule has 1 aliphatic rings. The van der Waals surface area contributed by atoms with E-state index in [9.17, 15) is 4.39 Å². The predicted molar refractivity (Wildman–Crippen MR) is 72.8 cm³/mol. The summed E-state index contributed by atoms with van der Waals surface area (Å²) >= 11 is 4.95. The standard InChI is InChI=1S/C13H17FN2S/c14-9-6-7-12(11(8-9)13(15)17)16-10-4-2-1-3-5-10/h6-8,10,16H,1-5H2,(H2,15,17). The van der Waals surface area contributed by atoms with Gasteiger partial charge in [-0.2, -0.15) is 0 Å². The highest BCUT2D eigenvalue weighted by molar-refractivity contribution is 7.80. The van der Waals surface area contributed by atoms with Gasteiger partial charge in [0.15, 0.2) is 0 Å². The summed E-state index contributed by atoms with van der Waals surface area (Å²) < 4.78 is 13.1. The maximum Gasteiger partial charge on any atom is 0.124 e. The van der Waals surface area contributed by atoms with E-state index in [-0.39, 0.29) is 10.8 Å². The molecule has 2 nitrogen and oxygen atoms in total. The van der Waals surface area contributed by atoms with E-state index in [0.29, 0.717) is 11.6 Å². The second-order valence-electron chi connectivity index (χ2n) is 4.53. The van der Waals surface area contributed by atoms with Gasteiger partial charge in [-0.25, -0.2) is 4.39 Å². The van der Waals surface area contributed by atoms with Crippen molar-refractivity contribution in [2.24, 2.45) is 5.73 Å². The second-order valence-corrected chi connectivity index (χ2v) is 4.97. The molecule has 17 heavy (non-hydrogen) atoms. The molecule has 0 aliphatic heterocycles. The summed E-state index contributed by atoms with van der Waals surface area (Å²) in [4.78, 5) is 0.239. The van der Waals surface area contributed by atoms with E-state index in [1.165, 1.54) is 31.4 Å². The van der Waals surface area contributed by atoms with Gasteiger partial charge in [0.05, 0.1) is 0 Å². The maximum absolute atomic E-state index is 13.1. The van der Waals surface area contributed by atoms with E-state index in [1.54, 1.807) is 6.07 Å². The molecule has 0 radical (unpaired) electrons. The predicted octanol–water partition coefficient (Wildman–Crippen LogP) is 3.20. The van der Waals surface area contributed by atoms with Crippen LogP contribution in [0.3, 0.4) is 0 Å². The van der Waals surface area contributed by atoms with Gasteiger partial charge in [-0.3, -0.25) is 0 Å². The number of hydrogen-bond donors (Lipinski definition) is 2. The first-order valence-corrected chi connectivity index (χ1v) is 6.43. The van der Waals surface area contributed by atoms with E-state index in [0.717, 1.165) is 18.5 Å². The quantitative estimate of drug-likeness (QED) is 0.811. The van der Waals surface area contributed by atoms with Gasteiger partial charge in [0.2, 0.25) is 0 Å². The average Bonchev–Trinajstić information content (AvgIpc) is 2.32. The average molecular weight is 252 g/mol. The van der Waals surface area contributed by atoms with E-state index in [4.69, 9.17) is 18.0 Å². The Labute approximate surface area is 106 Å². The normalized spacial score (nSPS) is 16.8. The molecule has 0 unspecified atom stereocenters. The van der Waals surface area contributed by atoms with E-state index >= 15 is 0 Å². The minimum atomic E-state index is -0.304. The Morgan fingerprint density at radius 3 is 2.65 bits per heavy atom. The van der Waals surface area contributed by atoms with Crippen LogP contribution in [0.25, 0.3) is 0 Å². The molecule has 1 fully saturated rings. The zero-order valence-electron chi connectivity index (χ0n) is 9.71. The van der Waals surface area contributed by atoms with Crippen molar-refractivity contribution in [1.29, 1.82) is 0 Å². The molecule has 1 aliphatic carbocycles. The van der Waals surface area contributed by atoms with E-state index in [2.05, 4.69) is 5.32 Å². The van der Waals surface area contributed by atoms with Gasteiger partial charge in [0.1, 0.15) is 10.8 Å². The first-order valence-electron chi connectivity index (χ1n) is 6.02. The number of thiocarbonyl (C=S) groups is 1. The first-order chi connectivity index (χ1) is 8.16. The van der Waals surface area contributed by atoms with Crippen LogP contribution in [-0.4, -0.2) is 11.0 Å². The molecule has 4 heteroatoms. The van der Waals surface area contributed by atoms with Crippen molar-refractivity contribution >= 4 is 22.9 Å². The van der Waals surface area contributed by atoms with Gasteiger partial charge in [-0.15, -0.1) is 0 Å². The molecule has 0 atom stereocenters. The number of nitrogens with two attached hydrogens (primary N) is 1. The van der Waals surface area contributed by atoms with Crippen LogP contribution in [-0.2, 0) is 0 Å². The number of nitrogens with one attached hydrogen (secondary N) is 1. The van der Waals surface area contributed by atoms with Crippen molar-refractivity contribution in [3.63, 3.8) is 0 Å². The van der Waals surface area contributed by atoms with Crippen molar-refractivity contribution < 1.29 is 4.39 Å². The molecule has 0 bridgehead atoms. The van der Waals surface area contributed by atoms with Gasteiger partial charge in [0, 0.05) is 17.3 Å². The minimum Gasteiger partial charge on any atom is -0.389 e. The molecule has 0 spiro atoms. The van der Waals surface area contributed by atoms with Crippen molar-refractivity contribution in [2.75, 3.05) is 5.32 Å². The smallest absolute Gasteiger partial charge is 0.124 e. The fourth-order valence-corrected chi connectivity index (χ4v) is 2.48. The number of halogens is 1. The lowest BCUT2D eigenvalue weighted by Gasteiger charge is -2.25. The lowest BCUT2D eigenvalue weighted by molar-refractivity contribution is 0.462. The Kier molecular flexibility index (Phi) is 3.94. The summed E-state index contributed by atoms with van der Waals surface area (Å²) in [5, 5.41) is 3.42. The zero-order chi connectivity index (χ0) is 12.3. The fraction of sp³-hybridized carbons (Fsp3) is 0.462. The van der Waals surface area contributed by atoms with Crippen LogP contribution in [0.2, 0.25) is 0 Å². The third-order valence-corrected chi connectivity index (χ3v) is 3.43. The van der Waals surface area contributed by atoms with Crippen LogP contribution in [0.1, 0.15) is 37.7 Å². The maximum atomic E-state index is 13.1. The lowest BCUT2D eigenvalue weighted by atomic mass is 9.95. The Morgan fingerprint density at radius 2 is 2.00 bits per heavy atom. The fourth-order valence-electron chi connectivity index (χ4n) is 2.31. The zero-order valence-corrected chi connectivity index (χ0v) is 10.5. The van der Waals surface area contributed by atoms with Crippen molar-refractivity contribution in [3.8, 4) is 0 Å². The minimum absolute atomic E-state index is 0.239. The van der Waals surface area contributed by atoms with Gasteiger partial charge in [-0.1, -0.05) is 31.5 Å². The first kappa shape index (κ1) is 12.3. The largest absolute Gasteiger partial charge is 0.389 e. The molecular weight excluding hydrogens is 235 g/mol. The van der Waals surface area contributed by atoms with Crippen LogP contribution < -0.4 is 11.1 Å². The highest BCUT2D eigenvalue weighted by atomic mass is 32.1. The summed E-state index contributed by atoms with van der Waals surface area (Å²) in [6.07, 6.45) is 6.13. The van der Waals surface area contributed by atoms with Crippen molar-refractivity contribution in [3.05, 3.63) is 29.6 Å². The van der Waals surface area contributed by atoms with Crippen LogP contribution in [0.4, 0.5) is 10.1 Å². The summed E-state index contributed by atoms with van der Waals surface area (Å²) in [5.74, 6) is -0.304. The molecule has 0 aromatic heterocycles. The van der Waals surface area contributed by atoms with Gasteiger partial charge in [0.25, 0.3) is 0 Å². The highest BCUT2D eigenvalue weighted by Crippen LogP contribution is 2.24. The molecule has 1 aromatic carbocycles. The van der Waals surface area contributed by atoms with Crippen LogP contribution in [0.5, 0.6) is 0 Å². The number of rotatable bonds is 3. The molecular formula is C13H17FN2S. The molecule has 1 aromatic rings. The Morgan fingerprint density at radius 1 is 1.29 bits per heavy atom. The molecule has 1 saturated carbocycles. The SMILES string of the molecule is NC(=S)c1cc(F)ccc1NC1CCCCC1. The van der Waals surface area contributed by atoms with Crippen LogP contribution >= 0.6 is 12.2 Å². The Bertz CT molecular complexity index is 414. The molecule has 3 N–H and O–H groups in total. The van der Waals surface area contributed by atoms with Crippen LogP contribution in [0.15, 0.2) is 18.2 Å². The van der Waals surface area contributed by atoms with Crippen molar-refractivity contribution in [1.82, 2.24) is 0 Å². The molecule has 92 valence electrons. The van der Waals surface area contributed by atoms with Crippen molar-refractivity contribution in [2.45, 2.75) is 38.1 Å². The lowest BCUT2D eigenvalue weighted by Crippen LogP contribution is -2.24. The molecule has 0 heterocycles. The third kappa shape index (κ3) is 3.16. The highest BCUT2D eigenvalue weighted by Gasteiger charge is 2.15. The topological polar surface area (TPSA) is 38.0 Å². The molecule has 0 saturated heterocycles. The monoisotopic (exact) mass is 252 g/mol. The van der Waals surface area contributed by atoms with E-state index in [1.807, 2.05) is 0 Å². The number of benzene rings is 1. The van der Waals surface area contributed by atoms with Crippen LogP contribution in [0, 0.1) is 5.82 Å². The second kappa shape index (κ2) is 5.45. The summed E-state index contributed by atoms with van der Waals surface area (Å²) in [6.45, 7) is 0. The van der Waals surface area contributed by atoms with E-state index < -0.39 is 0 Å². The summed E-state index contributed by atoms with van der Waals surface area (Å²) in [7, 11) is 0. The van der Waals surface area contributed by atoms with Gasteiger partial charge in [-0.05, 0) is 31.0 Å². The van der Waals surface area contributed by atoms with Gasteiger partial charge >= 0.3 is 0 Å². The Hall–Kier alpha value is -1.16. The molecule has 2 rings (SSSR count). The molecule has 0 amide bonds. The summed E-state index contributed by atoms with van der Waals surface area (Å²) in [6, 6.07) is 5.01. The third-order valence-electron chi connectivity index (χ3n) is 3.21.